The Balaban J connectivity index is 1.42. The standard InChI is InChI=1S/C22H25NO5/c1-2-3-11-23(13-17-5-4-6-19-22(17)28-15-26-19)21(24)10-8-16-7-9-18-20(12-16)27-14-25-18/h4-7,9,12H,2-3,8,10-11,13-15H2,1H3. The summed E-state index contributed by atoms with van der Waals surface area (Å²) in [5.41, 5.74) is 2.06. The minimum absolute atomic E-state index is 0.141. The maximum absolute atomic E-state index is 13.0. The van der Waals surface area contributed by atoms with Crippen molar-refractivity contribution in [2.24, 2.45) is 0 Å². The second-order valence-electron chi connectivity index (χ2n) is 7.01. The summed E-state index contributed by atoms with van der Waals surface area (Å²) in [7, 11) is 0. The molecule has 0 N–H and O–H groups in total. The molecule has 0 radical (unpaired) electrons. The van der Waals surface area contributed by atoms with Gasteiger partial charge in [-0.1, -0.05) is 31.5 Å². The highest BCUT2D eigenvalue weighted by Gasteiger charge is 2.21. The van der Waals surface area contributed by atoms with Gasteiger partial charge < -0.3 is 23.8 Å². The molecule has 0 fully saturated rings. The Morgan fingerprint density at radius 1 is 1.00 bits per heavy atom. The second-order valence-corrected chi connectivity index (χ2v) is 7.01. The van der Waals surface area contributed by atoms with Gasteiger partial charge in [0.05, 0.1) is 0 Å². The number of nitrogens with zero attached hydrogens (tertiary/aromatic N) is 1. The van der Waals surface area contributed by atoms with E-state index in [0.717, 1.165) is 53.5 Å². The van der Waals surface area contributed by atoms with E-state index in [0.29, 0.717) is 19.4 Å². The van der Waals surface area contributed by atoms with Crippen molar-refractivity contribution in [3.63, 3.8) is 0 Å². The molecule has 4 rings (SSSR count). The molecule has 0 unspecified atom stereocenters. The third kappa shape index (κ3) is 4.01. The Bertz CT molecular complexity index is 851. The molecule has 1 amide bonds. The molecule has 2 aromatic carbocycles. The van der Waals surface area contributed by atoms with Gasteiger partial charge in [-0.05, 0) is 36.6 Å². The summed E-state index contributed by atoms with van der Waals surface area (Å²) in [6.07, 6.45) is 3.14. The lowest BCUT2D eigenvalue weighted by Gasteiger charge is -2.23. The van der Waals surface area contributed by atoms with E-state index in [1.54, 1.807) is 0 Å². The maximum atomic E-state index is 13.0. The molecule has 6 nitrogen and oxygen atoms in total. The fourth-order valence-electron chi connectivity index (χ4n) is 3.47. The first-order chi connectivity index (χ1) is 13.7. The summed E-state index contributed by atoms with van der Waals surface area (Å²) in [6, 6.07) is 11.7. The summed E-state index contributed by atoms with van der Waals surface area (Å²) in [5, 5.41) is 0. The van der Waals surface area contributed by atoms with E-state index < -0.39 is 0 Å². The zero-order chi connectivity index (χ0) is 19.3. The normalized spacial score (nSPS) is 13.6. The van der Waals surface area contributed by atoms with Crippen molar-refractivity contribution in [3.8, 4) is 23.0 Å². The van der Waals surface area contributed by atoms with E-state index in [4.69, 9.17) is 18.9 Å². The molecule has 0 spiro atoms. The summed E-state index contributed by atoms with van der Waals surface area (Å²) in [5.74, 6) is 3.17. The highest BCUT2D eigenvalue weighted by molar-refractivity contribution is 5.76. The van der Waals surface area contributed by atoms with Crippen LogP contribution in [0.25, 0.3) is 0 Å². The number of para-hydroxylation sites is 1. The number of amides is 1. The monoisotopic (exact) mass is 383 g/mol. The number of hydrogen-bond donors (Lipinski definition) is 0. The smallest absolute Gasteiger partial charge is 0.231 e. The Labute approximate surface area is 165 Å². The van der Waals surface area contributed by atoms with Crippen molar-refractivity contribution in [2.45, 2.75) is 39.2 Å². The lowest BCUT2D eigenvalue weighted by Crippen LogP contribution is -2.31. The number of unbranched alkanes of at least 4 members (excludes halogenated alkanes) is 1. The van der Waals surface area contributed by atoms with Gasteiger partial charge in [-0.2, -0.15) is 0 Å². The average molecular weight is 383 g/mol. The van der Waals surface area contributed by atoms with Gasteiger partial charge in [-0.15, -0.1) is 0 Å². The molecular weight excluding hydrogens is 358 g/mol. The zero-order valence-corrected chi connectivity index (χ0v) is 16.1. The van der Waals surface area contributed by atoms with E-state index >= 15 is 0 Å². The van der Waals surface area contributed by atoms with Gasteiger partial charge >= 0.3 is 0 Å². The molecule has 0 aliphatic carbocycles. The van der Waals surface area contributed by atoms with E-state index in [1.165, 1.54) is 0 Å². The maximum Gasteiger partial charge on any atom is 0.231 e. The van der Waals surface area contributed by atoms with Gasteiger partial charge in [-0.3, -0.25) is 4.79 Å². The summed E-state index contributed by atoms with van der Waals surface area (Å²) in [6.45, 7) is 3.90. The molecule has 0 saturated heterocycles. The average Bonchev–Trinajstić information content (AvgIpc) is 3.38. The Hall–Kier alpha value is -2.89. The van der Waals surface area contributed by atoms with Crippen LogP contribution in [0.2, 0.25) is 0 Å². The van der Waals surface area contributed by atoms with Crippen LogP contribution < -0.4 is 18.9 Å². The van der Waals surface area contributed by atoms with Crippen LogP contribution in [0.15, 0.2) is 36.4 Å². The Kier molecular flexibility index (Phi) is 5.55. The van der Waals surface area contributed by atoms with Crippen molar-refractivity contribution >= 4 is 5.91 Å². The highest BCUT2D eigenvalue weighted by Crippen LogP contribution is 2.36. The van der Waals surface area contributed by atoms with Crippen molar-refractivity contribution in [1.82, 2.24) is 4.90 Å². The van der Waals surface area contributed by atoms with Crippen LogP contribution in [0.3, 0.4) is 0 Å². The number of hydrogen-bond acceptors (Lipinski definition) is 5. The molecule has 2 aliphatic rings. The molecule has 6 heteroatoms. The van der Waals surface area contributed by atoms with Crippen molar-refractivity contribution < 1.29 is 23.7 Å². The highest BCUT2D eigenvalue weighted by atomic mass is 16.7. The molecule has 0 saturated carbocycles. The van der Waals surface area contributed by atoms with Gasteiger partial charge in [0.25, 0.3) is 0 Å². The third-order valence-corrected chi connectivity index (χ3v) is 5.04. The van der Waals surface area contributed by atoms with Gasteiger partial charge in [-0.25, -0.2) is 0 Å². The number of aryl methyl sites for hydroxylation is 1. The molecule has 2 aliphatic heterocycles. The van der Waals surface area contributed by atoms with Crippen LogP contribution in [0.4, 0.5) is 0 Å². The molecule has 2 aromatic rings. The fraction of sp³-hybridized carbons (Fsp3) is 0.409. The van der Waals surface area contributed by atoms with Crippen LogP contribution in [0, 0.1) is 0 Å². The van der Waals surface area contributed by atoms with Crippen molar-refractivity contribution in [3.05, 3.63) is 47.5 Å². The van der Waals surface area contributed by atoms with E-state index in [9.17, 15) is 4.79 Å². The van der Waals surface area contributed by atoms with Crippen molar-refractivity contribution in [2.75, 3.05) is 20.1 Å². The Morgan fingerprint density at radius 2 is 1.82 bits per heavy atom. The van der Waals surface area contributed by atoms with E-state index in [2.05, 4.69) is 6.92 Å². The van der Waals surface area contributed by atoms with Gasteiger partial charge in [0.1, 0.15) is 0 Å². The first kappa shape index (κ1) is 18.5. The minimum atomic E-state index is 0.141. The fourth-order valence-corrected chi connectivity index (χ4v) is 3.47. The number of fused-ring (bicyclic) bond motifs is 2. The number of carbonyl (C=O) groups excluding carboxylic acids is 1. The van der Waals surface area contributed by atoms with Crippen LogP contribution in [0.5, 0.6) is 23.0 Å². The number of rotatable bonds is 8. The lowest BCUT2D eigenvalue weighted by molar-refractivity contribution is -0.131. The lowest BCUT2D eigenvalue weighted by atomic mass is 10.1. The number of benzene rings is 2. The summed E-state index contributed by atoms with van der Waals surface area (Å²) < 4.78 is 21.8. The zero-order valence-electron chi connectivity index (χ0n) is 16.1. The first-order valence-electron chi connectivity index (χ1n) is 9.78. The molecular formula is C22H25NO5. The quantitative estimate of drug-likeness (QED) is 0.692. The Morgan fingerprint density at radius 3 is 2.71 bits per heavy atom. The van der Waals surface area contributed by atoms with Gasteiger partial charge in [0.15, 0.2) is 23.0 Å². The van der Waals surface area contributed by atoms with Crippen molar-refractivity contribution in [1.29, 1.82) is 0 Å². The summed E-state index contributed by atoms with van der Waals surface area (Å²) >= 11 is 0. The largest absolute Gasteiger partial charge is 0.454 e. The van der Waals surface area contributed by atoms with Gasteiger partial charge in [0, 0.05) is 25.1 Å². The van der Waals surface area contributed by atoms with Crippen LogP contribution in [-0.4, -0.2) is 30.9 Å². The third-order valence-electron chi connectivity index (χ3n) is 5.04. The predicted octanol–water partition coefficient (Wildman–Crippen LogP) is 3.91. The second kappa shape index (κ2) is 8.42. The summed E-state index contributed by atoms with van der Waals surface area (Å²) in [4.78, 5) is 14.9. The van der Waals surface area contributed by atoms with Crippen LogP contribution in [0.1, 0.15) is 37.3 Å². The topological polar surface area (TPSA) is 57.2 Å². The first-order valence-corrected chi connectivity index (χ1v) is 9.78. The molecule has 0 aromatic heterocycles. The molecule has 2 heterocycles. The molecule has 0 bridgehead atoms. The SMILES string of the molecule is CCCCN(Cc1cccc2c1OCO2)C(=O)CCc1ccc2c(c1)OCO2. The molecule has 148 valence electrons. The van der Waals surface area contributed by atoms with Crippen LogP contribution in [-0.2, 0) is 17.8 Å². The van der Waals surface area contributed by atoms with E-state index in [1.807, 2.05) is 41.3 Å². The van der Waals surface area contributed by atoms with E-state index in [-0.39, 0.29) is 19.5 Å². The van der Waals surface area contributed by atoms with Crippen LogP contribution >= 0.6 is 0 Å². The number of ether oxygens (including phenoxy) is 4. The molecule has 0 atom stereocenters. The predicted molar refractivity (Wildman–Crippen MR) is 104 cm³/mol. The minimum Gasteiger partial charge on any atom is -0.454 e. The van der Waals surface area contributed by atoms with Gasteiger partial charge in [0.2, 0.25) is 19.5 Å². The number of carbonyl (C=O) groups is 1. The molecule has 28 heavy (non-hydrogen) atoms.